The number of methoxy groups -OCH3 is 1. The number of morpholine rings is 1. The molecule has 0 bridgehead atoms. The van der Waals surface area contributed by atoms with Gasteiger partial charge in [0.15, 0.2) is 0 Å². The maximum atomic E-state index is 12.7. The van der Waals surface area contributed by atoms with Gasteiger partial charge in [0.1, 0.15) is 6.10 Å². The fourth-order valence-corrected chi connectivity index (χ4v) is 2.96. The van der Waals surface area contributed by atoms with Crippen molar-refractivity contribution in [1.29, 1.82) is 0 Å². The van der Waals surface area contributed by atoms with Gasteiger partial charge in [-0.25, -0.2) is 0 Å². The number of amides is 1. The smallest absolute Gasteiger partial charge is 0.310 e. The summed E-state index contributed by atoms with van der Waals surface area (Å²) >= 11 is 0. The Labute approximate surface area is 137 Å². The summed E-state index contributed by atoms with van der Waals surface area (Å²) in [6, 6.07) is 0. The molecule has 0 aromatic carbocycles. The third-order valence-electron chi connectivity index (χ3n) is 4.40. The second-order valence-electron chi connectivity index (χ2n) is 6.16. The molecular weight excluding hydrogens is 300 g/mol. The van der Waals surface area contributed by atoms with Crippen LogP contribution in [0.2, 0.25) is 0 Å². The van der Waals surface area contributed by atoms with Gasteiger partial charge in [0.2, 0.25) is 0 Å². The van der Waals surface area contributed by atoms with Gasteiger partial charge in [-0.15, -0.1) is 0 Å². The molecule has 2 aliphatic rings. The van der Waals surface area contributed by atoms with E-state index in [1.165, 1.54) is 7.11 Å². The van der Waals surface area contributed by atoms with E-state index in [1.807, 2.05) is 0 Å². The number of ether oxygens (including phenoxy) is 3. The van der Waals surface area contributed by atoms with Gasteiger partial charge in [0, 0.05) is 39.3 Å². The highest BCUT2D eigenvalue weighted by molar-refractivity contribution is 5.82. The maximum absolute atomic E-state index is 12.7. The molecule has 2 rings (SSSR count). The number of esters is 1. The van der Waals surface area contributed by atoms with E-state index in [0.29, 0.717) is 19.7 Å². The van der Waals surface area contributed by atoms with Gasteiger partial charge in [0.05, 0.1) is 26.2 Å². The molecule has 2 unspecified atom stereocenters. The summed E-state index contributed by atoms with van der Waals surface area (Å²) in [4.78, 5) is 28.4. The van der Waals surface area contributed by atoms with Crippen molar-refractivity contribution in [3.63, 3.8) is 0 Å². The molecule has 132 valence electrons. The first-order valence-electron chi connectivity index (χ1n) is 8.40. The van der Waals surface area contributed by atoms with Gasteiger partial charge in [0.25, 0.3) is 5.91 Å². The molecule has 1 amide bonds. The maximum Gasteiger partial charge on any atom is 0.310 e. The van der Waals surface area contributed by atoms with Gasteiger partial charge in [-0.1, -0.05) is 6.92 Å². The summed E-state index contributed by atoms with van der Waals surface area (Å²) in [7, 11) is 1.37. The summed E-state index contributed by atoms with van der Waals surface area (Å²) in [6.45, 7) is 7.42. The zero-order valence-corrected chi connectivity index (χ0v) is 14.2. The van der Waals surface area contributed by atoms with Crippen LogP contribution in [0, 0.1) is 5.92 Å². The molecule has 2 fully saturated rings. The molecule has 2 saturated heterocycles. The fourth-order valence-electron chi connectivity index (χ4n) is 2.96. The lowest BCUT2D eigenvalue weighted by Gasteiger charge is -2.32. The van der Waals surface area contributed by atoms with Crippen LogP contribution in [0.15, 0.2) is 0 Å². The van der Waals surface area contributed by atoms with Crippen molar-refractivity contribution in [2.24, 2.45) is 5.92 Å². The molecule has 0 aliphatic carbocycles. The molecule has 2 heterocycles. The summed E-state index contributed by atoms with van der Waals surface area (Å²) < 4.78 is 15.6. The molecule has 23 heavy (non-hydrogen) atoms. The number of nitrogens with zero attached hydrogens (tertiary/aromatic N) is 2. The Kier molecular flexibility index (Phi) is 7.26. The molecule has 0 spiro atoms. The Balaban J connectivity index is 1.91. The molecule has 7 nitrogen and oxygen atoms in total. The average Bonchev–Trinajstić information content (AvgIpc) is 3.12. The lowest BCUT2D eigenvalue weighted by atomic mass is 10.1. The second-order valence-corrected chi connectivity index (χ2v) is 6.16. The van der Waals surface area contributed by atoms with E-state index >= 15 is 0 Å². The van der Waals surface area contributed by atoms with Gasteiger partial charge < -0.3 is 19.1 Å². The molecule has 2 atom stereocenters. The number of hydrogen-bond donors (Lipinski definition) is 0. The highest BCUT2D eigenvalue weighted by Crippen LogP contribution is 2.16. The van der Waals surface area contributed by atoms with Crippen molar-refractivity contribution in [2.75, 3.05) is 59.7 Å². The first kappa shape index (κ1) is 18.2. The molecule has 2 aliphatic heterocycles. The minimum Gasteiger partial charge on any atom is -0.469 e. The zero-order chi connectivity index (χ0) is 16.7. The van der Waals surface area contributed by atoms with Crippen LogP contribution < -0.4 is 0 Å². The molecular formula is C16H28N2O5. The van der Waals surface area contributed by atoms with E-state index in [2.05, 4.69) is 4.90 Å². The van der Waals surface area contributed by atoms with Crippen LogP contribution in [-0.2, 0) is 23.8 Å². The first-order chi connectivity index (χ1) is 11.1. The summed E-state index contributed by atoms with van der Waals surface area (Å²) in [5, 5.41) is 0. The van der Waals surface area contributed by atoms with E-state index in [-0.39, 0.29) is 23.9 Å². The SMILES string of the molecule is COC(=O)C(C)CN(CCN1CCOCC1)C(=O)C1CCCO1. The first-order valence-corrected chi connectivity index (χ1v) is 8.40. The lowest BCUT2D eigenvalue weighted by molar-refractivity contribution is -0.148. The quantitative estimate of drug-likeness (QED) is 0.619. The topological polar surface area (TPSA) is 68.3 Å². The van der Waals surface area contributed by atoms with Crippen LogP contribution >= 0.6 is 0 Å². The Morgan fingerprint density at radius 3 is 2.65 bits per heavy atom. The van der Waals surface area contributed by atoms with Crippen molar-refractivity contribution in [1.82, 2.24) is 9.80 Å². The standard InChI is InChI=1S/C16H28N2O5/c1-13(16(20)21-2)12-18(15(19)14-4-3-9-23-14)6-5-17-7-10-22-11-8-17/h13-14H,3-12H2,1-2H3. The van der Waals surface area contributed by atoms with Gasteiger partial charge in [-0.3, -0.25) is 14.5 Å². The van der Waals surface area contributed by atoms with Gasteiger partial charge in [-0.05, 0) is 12.8 Å². The number of carbonyl (C=O) groups is 2. The van der Waals surface area contributed by atoms with Gasteiger partial charge in [-0.2, -0.15) is 0 Å². The second kappa shape index (κ2) is 9.20. The largest absolute Gasteiger partial charge is 0.469 e. The Hall–Kier alpha value is -1.18. The van der Waals surface area contributed by atoms with Crippen molar-refractivity contribution in [2.45, 2.75) is 25.9 Å². The van der Waals surface area contributed by atoms with Crippen LogP contribution in [-0.4, -0.2) is 87.4 Å². The number of rotatable bonds is 7. The van der Waals surface area contributed by atoms with Crippen LogP contribution in [0.5, 0.6) is 0 Å². The average molecular weight is 328 g/mol. The van der Waals surface area contributed by atoms with E-state index in [9.17, 15) is 9.59 Å². The van der Waals surface area contributed by atoms with Crippen LogP contribution in [0.25, 0.3) is 0 Å². The van der Waals surface area contributed by atoms with E-state index < -0.39 is 0 Å². The zero-order valence-electron chi connectivity index (χ0n) is 14.2. The monoisotopic (exact) mass is 328 g/mol. The Morgan fingerprint density at radius 1 is 1.30 bits per heavy atom. The summed E-state index contributed by atoms with van der Waals surface area (Å²) in [6.07, 6.45) is 1.32. The number of carbonyl (C=O) groups excluding carboxylic acids is 2. The Morgan fingerprint density at radius 2 is 2.04 bits per heavy atom. The summed E-state index contributed by atoms with van der Waals surface area (Å²) in [5.41, 5.74) is 0. The van der Waals surface area contributed by atoms with Crippen LogP contribution in [0.4, 0.5) is 0 Å². The lowest BCUT2D eigenvalue weighted by Crippen LogP contribution is -2.47. The van der Waals surface area contributed by atoms with Crippen molar-refractivity contribution in [3.05, 3.63) is 0 Å². The van der Waals surface area contributed by atoms with E-state index in [4.69, 9.17) is 14.2 Å². The third-order valence-corrected chi connectivity index (χ3v) is 4.40. The molecule has 7 heteroatoms. The van der Waals surface area contributed by atoms with Crippen molar-refractivity contribution < 1.29 is 23.8 Å². The molecule has 0 aromatic heterocycles. The highest BCUT2D eigenvalue weighted by Gasteiger charge is 2.30. The molecule has 0 saturated carbocycles. The van der Waals surface area contributed by atoms with Gasteiger partial charge >= 0.3 is 5.97 Å². The normalized spacial score (nSPS) is 23.5. The molecule has 0 N–H and O–H groups in total. The predicted octanol–water partition coefficient (Wildman–Crippen LogP) is 0.135. The van der Waals surface area contributed by atoms with E-state index in [0.717, 1.165) is 45.7 Å². The third kappa shape index (κ3) is 5.44. The van der Waals surface area contributed by atoms with Crippen LogP contribution in [0.3, 0.4) is 0 Å². The summed E-state index contributed by atoms with van der Waals surface area (Å²) in [5.74, 6) is -0.636. The molecule has 0 aromatic rings. The minimum absolute atomic E-state index is 0.00786. The highest BCUT2D eigenvalue weighted by atomic mass is 16.5. The fraction of sp³-hybridized carbons (Fsp3) is 0.875. The Bertz CT molecular complexity index is 392. The van der Waals surface area contributed by atoms with Crippen molar-refractivity contribution in [3.8, 4) is 0 Å². The van der Waals surface area contributed by atoms with E-state index in [1.54, 1.807) is 11.8 Å². The van der Waals surface area contributed by atoms with Crippen molar-refractivity contribution >= 4 is 11.9 Å². The predicted molar refractivity (Wildman–Crippen MR) is 84.0 cm³/mol. The number of hydrogen-bond acceptors (Lipinski definition) is 6. The minimum atomic E-state index is -0.357. The molecule has 0 radical (unpaired) electrons. The van der Waals surface area contributed by atoms with Crippen LogP contribution in [0.1, 0.15) is 19.8 Å².